The van der Waals surface area contributed by atoms with Crippen molar-refractivity contribution in [1.29, 1.82) is 0 Å². The Morgan fingerprint density at radius 3 is 1.17 bits per heavy atom. The molecule has 59 heavy (non-hydrogen) atoms. The Morgan fingerprint density at radius 2 is 0.915 bits per heavy atom. The minimum absolute atomic E-state index is 0. The lowest BCUT2D eigenvalue weighted by molar-refractivity contribution is -0.671. The van der Waals surface area contributed by atoms with Crippen LogP contribution in [-0.4, -0.2) is 204 Å². The summed E-state index contributed by atoms with van der Waals surface area (Å²) >= 11 is 0. The second-order valence-corrected chi connectivity index (χ2v) is 16.4. The Hall–Kier alpha value is -2.65. The third-order valence-corrected chi connectivity index (χ3v) is 10.5. The maximum Gasteiger partial charge on any atom is 0.317 e. The molecule has 6 aliphatic heterocycles. The summed E-state index contributed by atoms with van der Waals surface area (Å²) in [6, 6.07) is 6.05. The van der Waals surface area contributed by atoms with E-state index in [1.165, 1.54) is 123 Å². The lowest BCUT2D eigenvalue weighted by Crippen LogP contribution is -2.43. The normalized spacial score (nSPS) is 20.3. The van der Waals surface area contributed by atoms with Crippen molar-refractivity contribution in [2.24, 2.45) is 14.1 Å². The molecule has 0 saturated carbocycles. The van der Waals surface area contributed by atoms with Crippen LogP contribution in [0.2, 0.25) is 0 Å². The highest BCUT2D eigenvalue weighted by Crippen LogP contribution is 2.07. The van der Waals surface area contributed by atoms with Gasteiger partial charge in [0.2, 0.25) is 0 Å². The van der Waals surface area contributed by atoms with E-state index < -0.39 is 0 Å². The van der Waals surface area contributed by atoms with Crippen molar-refractivity contribution in [1.82, 2.24) is 49.2 Å². The lowest BCUT2D eigenvalue weighted by Gasteiger charge is -2.28. The number of hydrogen-bond donors (Lipinski definition) is 1. The highest BCUT2D eigenvalue weighted by Gasteiger charge is 2.11. The summed E-state index contributed by atoms with van der Waals surface area (Å²) in [5, 5.41) is 2.72. The number of imidazole rings is 1. The number of carbonyl (C=O) groups excluding carboxylic acids is 1. The summed E-state index contributed by atoms with van der Waals surface area (Å²) in [7, 11) is 18.8. The predicted molar refractivity (Wildman–Crippen MR) is 252 cm³/mol. The minimum Gasteiger partial charge on any atom is -0.379 e. The molecule has 0 atom stereocenters. The molecule has 0 unspecified atom stereocenters. The van der Waals surface area contributed by atoms with Gasteiger partial charge in [-0.25, -0.2) is 14.3 Å². The van der Waals surface area contributed by atoms with Gasteiger partial charge in [0, 0.05) is 91.0 Å². The van der Waals surface area contributed by atoms with Crippen molar-refractivity contribution in [3.63, 3.8) is 0 Å². The molecule has 6 saturated heterocycles. The average Bonchev–Trinajstić information content (AvgIpc) is 3.85. The first-order chi connectivity index (χ1) is 27.5. The van der Waals surface area contributed by atoms with Gasteiger partial charge < -0.3 is 48.9 Å². The molecular weight excluding hydrogens is 739 g/mol. The summed E-state index contributed by atoms with van der Waals surface area (Å²) in [4.78, 5) is 30.2. The van der Waals surface area contributed by atoms with Gasteiger partial charge in [0.25, 0.3) is 0 Å². The zero-order valence-corrected chi connectivity index (χ0v) is 38.3. The topological polar surface area (TPSA) is 82.7 Å². The molecule has 13 heteroatoms. The van der Waals surface area contributed by atoms with E-state index in [9.17, 15) is 4.79 Å². The van der Waals surface area contributed by atoms with Gasteiger partial charge in [0.1, 0.15) is 7.05 Å². The van der Waals surface area contributed by atoms with Crippen LogP contribution in [0, 0.1) is 0 Å². The number of ether oxygens (including phenoxy) is 1. The Labute approximate surface area is 365 Å². The fourth-order valence-corrected chi connectivity index (χ4v) is 6.28. The van der Waals surface area contributed by atoms with Crippen LogP contribution in [0.3, 0.4) is 0 Å². The first-order valence-corrected chi connectivity index (χ1v) is 22.0. The molecule has 0 radical (unpaired) electrons. The number of carbonyl (C=O) groups is 1. The number of aromatic nitrogens is 3. The van der Waals surface area contributed by atoms with E-state index in [2.05, 4.69) is 82.0 Å². The van der Waals surface area contributed by atoms with Gasteiger partial charge in [-0.1, -0.05) is 40.2 Å². The zero-order chi connectivity index (χ0) is 41.9. The molecule has 2 aromatic rings. The molecule has 0 bridgehead atoms. The van der Waals surface area contributed by atoms with E-state index in [1.807, 2.05) is 60.0 Å². The number of likely N-dealkylation sites (N-methyl/N-ethyl adjacent to an activating group) is 3. The maximum absolute atomic E-state index is 10.6. The summed E-state index contributed by atoms with van der Waals surface area (Å²) < 4.78 is 8.99. The monoisotopic (exact) mass is 835 g/mol. The number of amides is 2. The quantitative estimate of drug-likeness (QED) is 0.354. The van der Waals surface area contributed by atoms with Crippen molar-refractivity contribution in [2.45, 2.75) is 79.1 Å². The molecule has 6 aliphatic rings. The summed E-state index contributed by atoms with van der Waals surface area (Å²) in [5.41, 5.74) is 0. The number of urea groups is 1. The molecule has 0 aliphatic carbocycles. The zero-order valence-electron chi connectivity index (χ0n) is 38.3. The second kappa shape index (κ2) is 39.5. The molecule has 8 heterocycles. The Morgan fingerprint density at radius 1 is 0.525 bits per heavy atom. The number of pyridine rings is 1. The number of piperidine rings is 1. The van der Waals surface area contributed by atoms with Crippen molar-refractivity contribution < 1.29 is 14.1 Å². The van der Waals surface area contributed by atoms with Gasteiger partial charge in [0.15, 0.2) is 12.4 Å². The lowest BCUT2D eigenvalue weighted by atomic mass is 10.1. The molecule has 1 N–H and O–H groups in total. The van der Waals surface area contributed by atoms with Crippen LogP contribution in [0.1, 0.15) is 79.1 Å². The number of nitrogens with one attached hydrogen (secondary N) is 1. The van der Waals surface area contributed by atoms with Crippen LogP contribution in [0.15, 0.2) is 49.3 Å². The van der Waals surface area contributed by atoms with Crippen LogP contribution >= 0.6 is 0 Å². The van der Waals surface area contributed by atoms with E-state index in [0.29, 0.717) is 0 Å². The first-order valence-electron chi connectivity index (χ1n) is 22.0. The molecule has 0 aromatic carbocycles. The Balaban J connectivity index is 0. The second-order valence-electron chi connectivity index (χ2n) is 16.4. The number of nitrogens with zero attached hydrogens (tertiary/aromatic N) is 10. The van der Waals surface area contributed by atoms with Gasteiger partial charge in [0.05, 0.1) is 19.5 Å². The van der Waals surface area contributed by atoms with Gasteiger partial charge in [-0.3, -0.25) is 0 Å². The third-order valence-electron chi connectivity index (χ3n) is 10.5. The number of hydrogen-bond acceptors (Lipinski definition) is 9. The van der Waals surface area contributed by atoms with Crippen molar-refractivity contribution >= 4 is 6.03 Å². The highest BCUT2D eigenvalue weighted by molar-refractivity contribution is 5.74. The van der Waals surface area contributed by atoms with Crippen molar-refractivity contribution in [2.75, 3.05) is 154 Å². The molecule has 2 aromatic heterocycles. The number of morpholine rings is 1. The van der Waals surface area contributed by atoms with Crippen LogP contribution < -0.4 is 9.88 Å². The van der Waals surface area contributed by atoms with Crippen LogP contribution in [-0.2, 0) is 18.8 Å². The Bertz CT molecular complexity index is 1100. The van der Waals surface area contributed by atoms with Gasteiger partial charge in [-0.05, 0) is 127 Å². The molecule has 346 valence electrons. The number of likely N-dealkylation sites (tertiary alicyclic amines) is 3. The van der Waals surface area contributed by atoms with Gasteiger partial charge >= 0.3 is 6.03 Å². The van der Waals surface area contributed by atoms with Crippen LogP contribution in [0.5, 0.6) is 0 Å². The standard InChI is InChI=1S/C7H15N.C6H14N2.C6H13N.C6H8N.C5H10N2O.C5H11NO.C5H11N.C4H6N2.2CH4/c1-8-6-4-2-3-5-7-8;1-7-3-5-8(2)6-4-7;2*1-7-5-3-2-4-6-7;1-7-4-2-3-6-5(7)8;1-6-2-4-7-5-3-6;1-6-4-2-3-5-6;1-6-3-2-5-4-6;;/h2-7H2,1H3;3-6H2,1-2H3;2-6H2,1H3;2-6H,1H3;2-4H2,1H3,(H,6,8);2-5H2,1H3;2-5H2,1H3;2-4H,1H3;2*1H4/q;;;+1;;;;;;. The van der Waals surface area contributed by atoms with E-state index >= 15 is 0 Å². The third kappa shape index (κ3) is 36.9. The predicted octanol–water partition coefficient (Wildman–Crippen LogP) is 5.35. The maximum atomic E-state index is 10.6. The van der Waals surface area contributed by atoms with E-state index in [0.717, 1.165) is 45.8 Å². The molecule has 8 rings (SSSR count). The number of aryl methyl sites for hydroxylation is 2. The summed E-state index contributed by atoms with van der Waals surface area (Å²) in [5.74, 6) is 0. The van der Waals surface area contributed by atoms with Gasteiger partial charge in [-0.2, -0.15) is 0 Å². The van der Waals surface area contributed by atoms with E-state index in [1.54, 1.807) is 24.5 Å². The number of piperazine rings is 1. The summed E-state index contributed by atoms with van der Waals surface area (Å²) in [6.07, 6.45) is 23.3. The number of rotatable bonds is 0. The van der Waals surface area contributed by atoms with E-state index in [4.69, 9.17) is 4.74 Å². The fraction of sp³-hybridized carbons (Fsp3) is 0.804. The summed E-state index contributed by atoms with van der Waals surface area (Å²) in [6.45, 7) is 18.6. The fourth-order valence-electron chi connectivity index (χ4n) is 6.28. The van der Waals surface area contributed by atoms with E-state index in [-0.39, 0.29) is 20.9 Å². The largest absolute Gasteiger partial charge is 0.379 e. The smallest absolute Gasteiger partial charge is 0.317 e. The molecule has 0 spiro atoms. The minimum atomic E-state index is 0. The molecular formula is C46H96N11O2+. The first kappa shape index (κ1) is 58.4. The van der Waals surface area contributed by atoms with Crippen molar-refractivity contribution in [3.8, 4) is 0 Å². The van der Waals surface area contributed by atoms with Crippen LogP contribution in [0.25, 0.3) is 0 Å². The molecule has 13 nitrogen and oxygen atoms in total. The highest BCUT2D eigenvalue weighted by atomic mass is 16.5. The van der Waals surface area contributed by atoms with Crippen molar-refractivity contribution in [3.05, 3.63) is 49.3 Å². The Kier molecular flexibility index (Phi) is 39.1. The van der Waals surface area contributed by atoms with Gasteiger partial charge in [-0.15, -0.1) is 0 Å². The van der Waals surface area contributed by atoms with Crippen LogP contribution in [0.4, 0.5) is 4.79 Å². The molecule has 2 amide bonds. The average molecular weight is 835 g/mol. The molecule has 6 fully saturated rings. The SMILES string of the molecule is C.C.CN1CCCC1.CN1CCCCC1.CN1CCCCCC1.CN1CCCNC1=O.CN1CCN(C)CC1.CN1CCOCC1.C[n+]1ccccc1.Cn1ccnc1.